The molecular weight excluding hydrogens is 371 g/mol. The van der Waals surface area contributed by atoms with E-state index in [1.807, 2.05) is 6.92 Å². The van der Waals surface area contributed by atoms with Crippen LogP contribution in [0.15, 0.2) is 48.5 Å². The van der Waals surface area contributed by atoms with Crippen LogP contribution in [0.5, 0.6) is 0 Å². The predicted octanol–water partition coefficient (Wildman–Crippen LogP) is 4.85. The summed E-state index contributed by atoms with van der Waals surface area (Å²) in [5.74, 6) is 0.0285. The van der Waals surface area contributed by atoms with Crippen LogP contribution in [0, 0.1) is 12.7 Å². The van der Waals surface area contributed by atoms with Crippen LogP contribution in [-0.4, -0.2) is 23.0 Å². The molecule has 0 saturated heterocycles. The van der Waals surface area contributed by atoms with Crippen molar-refractivity contribution in [1.29, 1.82) is 0 Å². The fourth-order valence-corrected chi connectivity index (χ4v) is 2.52. The number of carbonyl (C=O) groups is 1. The first-order chi connectivity index (χ1) is 12.9. The third-order valence-corrected chi connectivity index (χ3v) is 3.93. The van der Waals surface area contributed by atoms with Gasteiger partial charge in [-0.05, 0) is 49.4 Å². The van der Waals surface area contributed by atoms with Crippen LogP contribution < -0.4 is 10.6 Å². The molecule has 0 aliphatic heterocycles. The average molecular weight is 387 g/mol. The minimum atomic E-state index is -0.474. The van der Waals surface area contributed by atoms with Crippen molar-refractivity contribution in [3.63, 3.8) is 0 Å². The molecule has 3 rings (SSSR count). The van der Waals surface area contributed by atoms with Crippen LogP contribution in [0.25, 0.3) is 0 Å². The summed E-state index contributed by atoms with van der Waals surface area (Å²) in [6, 6.07) is 12.4. The Balaban J connectivity index is 1.86. The molecule has 0 saturated carbocycles. The van der Waals surface area contributed by atoms with Gasteiger partial charge in [-0.15, -0.1) is 0 Å². The van der Waals surface area contributed by atoms with E-state index in [-0.39, 0.29) is 5.82 Å². The van der Waals surface area contributed by atoms with E-state index in [9.17, 15) is 9.18 Å². The number of ether oxygens (including phenoxy) is 1. The van der Waals surface area contributed by atoms with E-state index in [0.717, 1.165) is 0 Å². The lowest BCUT2D eigenvalue weighted by Crippen LogP contribution is -2.05. The first-order valence-electron chi connectivity index (χ1n) is 7.98. The Morgan fingerprint density at radius 1 is 1.07 bits per heavy atom. The third kappa shape index (κ3) is 4.71. The molecule has 0 atom stereocenters. The topological polar surface area (TPSA) is 76.1 Å². The van der Waals surface area contributed by atoms with Crippen LogP contribution in [0.2, 0.25) is 5.02 Å². The SMILES string of the molecule is COC(=O)c1ccc(Cl)c(Nc2nc(C)cc(Nc3ccc(F)cc3)n2)c1. The number of hydrogen-bond acceptors (Lipinski definition) is 6. The van der Waals surface area contributed by atoms with E-state index < -0.39 is 5.97 Å². The molecule has 2 aromatic carbocycles. The Hall–Kier alpha value is -3.19. The molecule has 0 spiro atoms. The van der Waals surface area contributed by atoms with Gasteiger partial charge >= 0.3 is 5.97 Å². The Kier molecular flexibility index (Phi) is 5.52. The fraction of sp³-hybridized carbons (Fsp3) is 0.105. The number of aryl methyl sites for hydroxylation is 1. The largest absolute Gasteiger partial charge is 0.465 e. The van der Waals surface area contributed by atoms with Gasteiger partial charge < -0.3 is 15.4 Å². The van der Waals surface area contributed by atoms with Crippen molar-refractivity contribution < 1.29 is 13.9 Å². The maximum atomic E-state index is 13.0. The molecule has 0 unspecified atom stereocenters. The molecule has 27 heavy (non-hydrogen) atoms. The van der Waals surface area contributed by atoms with Gasteiger partial charge in [0.25, 0.3) is 0 Å². The molecule has 0 bridgehead atoms. The summed E-state index contributed by atoms with van der Waals surface area (Å²) in [5, 5.41) is 6.50. The van der Waals surface area contributed by atoms with E-state index >= 15 is 0 Å². The van der Waals surface area contributed by atoms with Gasteiger partial charge in [0.15, 0.2) is 0 Å². The second kappa shape index (κ2) is 8.01. The summed E-state index contributed by atoms with van der Waals surface area (Å²) < 4.78 is 17.8. The van der Waals surface area contributed by atoms with Crippen molar-refractivity contribution in [3.8, 4) is 0 Å². The predicted molar refractivity (Wildman–Crippen MR) is 103 cm³/mol. The van der Waals surface area contributed by atoms with Crippen LogP contribution in [0.1, 0.15) is 16.1 Å². The minimum absolute atomic E-state index is 0.295. The molecule has 1 aromatic heterocycles. The van der Waals surface area contributed by atoms with Gasteiger partial charge in [-0.2, -0.15) is 4.98 Å². The average Bonchev–Trinajstić information content (AvgIpc) is 2.64. The third-order valence-electron chi connectivity index (χ3n) is 3.60. The monoisotopic (exact) mass is 386 g/mol. The molecule has 0 radical (unpaired) electrons. The standard InChI is InChI=1S/C19H16ClFN4O2/c1-11-9-17(23-14-6-4-13(21)5-7-14)25-19(22-11)24-16-10-12(18(26)27-2)3-8-15(16)20/h3-10H,1-2H3,(H2,22,23,24,25). The highest BCUT2D eigenvalue weighted by atomic mass is 35.5. The smallest absolute Gasteiger partial charge is 0.337 e. The number of nitrogens with one attached hydrogen (secondary N) is 2. The molecule has 0 aliphatic carbocycles. The fourth-order valence-electron chi connectivity index (χ4n) is 2.36. The van der Waals surface area contributed by atoms with Gasteiger partial charge in [0.2, 0.25) is 5.95 Å². The Labute approximate surface area is 160 Å². The summed E-state index contributed by atoms with van der Waals surface area (Å²) in [4.78, 5) is 20.4. The number of aromatic nitrogens is 2. The molecule has 0 aliphatic rings. The molecule has 8 heteroatoms. The van der Waals surface area contributed by atoms with Crippen molar-refractivity contribution in [3.05, 3.63) is 70.6 Å². The number of nitrogens with zero attached hydrogens (tertiary/aromatic N) is 2. The van der Waals surface area contributed by atoms with Crippen molar-refractivity contribution in [2.75, 3.05) is 17.7 Å². The van der Waals surface area contributed by atoms with Crippen LogP contribution in [-0.2, 0) is 4.74 Å². The molecule has 0 fully saturated rings. The maximum absolute atomic E-state index is 13.0. The molecule has 3 aromatic rings. The van der Waals surface area contributed by atoms with Gasteiger partial charge in [0, 0.05) is 17.4 Å². The lowest BCUT2D eigenvalue weighted by Gasteiger charge is -2.12. The van der Waals surface area contributed by atoms with Crippen LogP contribution in [0.3, 0.4) is 0 Å². The quantitative estimate of drug-likeness (QED) is 0.610. The Bertz CT molecular complexity index is 980. The number of benzene rings is 2. The van der Waals surface area contributed by atoms with Crippen molar-refractivity contribution in [2.24, 2.45) is 0 Å². The summed E-state index contributed by atoms with van der Waals surface area (Å²) >= 11 is 6.20. The molecule has 1 heterocycles. The van der Waals surface area contributed by atoms with Crippen molar-refractivity contribution in [1.82, 2.24) is 9.97 Å². The number of hydrogen-bond donors (Lipinski definition) is 2. The van der Waals surface area contributed by atoms with E-state index in [1.165, 1.54) is 19.2 Å². The molecular formula is C19H16ClFN4O2. The number of rotatable bonds is 5. The van der Waals surface area contributed by atoms with Gasteiger partial charge in [-0.3, -0.25) is 0 Å². The molecule has 6 nitrogen and oxygen atoms in total. The first kappa shape index (κ1) is 18.6. The summed E-state index contributed by atoms with van der Waals surface area (Å²) in [6.07, 6.45) is 0. The van der Waals surface area contributed by atoms with Crippen LogP contribution >= 0.6 is 11.6 Å². The Morgan fingerprint density at radius 2 is 1.81 bits per heavy atom. The lowest BCUT2D eigenvalue weighted by molar-refractivity contribution is 0.0601. The summed E-state index contributed by atoms with van der Waals surface area (Å²) in [7, 11) is 1.31. The van der Waals surface area contributed by atoms with Gasteiger partial charge in [0.1, 0.15) is 11.6 Å². The van der Waals surface area contributed by atoms with E-state index in [4.69, 9.17) is 16.3 Å². The molecule has 2 N–H and O–H groups in total. The first-order valence-corrected chi connectivity index (χ1v) is 8.35. The maximum Gasteiger partial charge on any atom is 0.337 e. The molecule has 0 amide bonds. The zero-order chi connectivity index (χ0) is 19.4. The Morgan fingerprint density at radius 3 is 2.52 bits per heavy atom. The second-order valence-corrected chi connectivity index (χ2v) is 6.07. The molecule has 138 valence electrons. The minimum Gasteiger partial charge on any atom is -0.465 e. The number of methoxy groups -OCH3 is 1. The highest BCUT2D eigenvalue weighted by molar-refractivity contribution is 6.33. The van der Waals surface area contributed by atoms with Gasteiger partial charge in [0.05, 0.1) is 23.4 Å². The normalized spacial score (nSPS) is 10.4. The number of esters is 1. The van der Waals surface area contributed by atoms with Gasteiger partial charge in [-0.25, -0.2) is 14.2 Å². The zero-order valence-electron chi connectivity index (χ0n) is 14.6. The van der Waals surface area contributed by atoms with Crippen LogP contribution in [0.4, 0.5) is 27.5 Å². The van der Waals surface area contributed by atoms with Gasteiger partial charge in [-0.1, -0.05) is 11.6 Å². The summed E-state index contributed by atoms with van der Waals surface area (Å²) in [6.45, 7) is 1.81. The number of halogens is 2. The summed E-state index contributed by atoms with van der Waals surface area (Å²) in [5.41, 5.74) is 2.21. The highest BCUT2D eigenvalue weighted by Gasteiger charge is 2.11. The van der Waals surface area contributed by atoms with Crippen molar-refractivity contribution >= 4 is 40.7 Å². The van der Waals surface area contributed by atoms with Crippen molar-refractivity contribution in [2.45, 2.75) is 6.92 Å². The zero-order valence-corrected chi connectivity index (χ0v) is 15.3. The van der Waals surface area contributed by atoms with E-state index in [0.29, 0.717) is 39.4 Å². The lowest BCUT2D eigenvalue weighted by atomic mass is 10.2. The number of anilines is 4. The second-order valence-electron chi connectivity index (χ2n) is 5.66. The number of carbonyl (C=O) groups excluding carboxylic acids is 1. The highest BCUT2D eigenvalue weighted by Crippen LogP contribution is 2.27. The van der Waals surface area contributed by atoms with E-state index in [2.05, 4.69) is 20.6 Å². The van der Waals surface area contributed by atoms with E-state index in [1.54, 1.807) is 36.4 Å².